The first kappa shape index (κ1) is 12.3. The average molecular weight is 224 g/mol. The van der Waals surface area contributed by atoms with Gasteiger partial charge in [0.15, 0.2) is 5.84 Å². The lowest BCUT2D eigenvalue weighted by atomic mass is 10.2. The van der Waals surface area contributed by atoms with Gasteiger partial charge in [-0.2, -0.15) is 0 Å². The van der Waals surface area contributed by atoms with Crippen LogP contribution in [0, 0.1) is 0 Å². The smallest absolute Gasteiger partial charge is 0.170 e. The van der Waals surface area contributed by atoms with E-state index >= 15 is 0 Å². The van der Waals surface area contributed by atoms with Gasteiger partial charge in [-0.15, -0.1) is 0 Å². The Morgan fingerprint density at radius 2 is 2.44 bits per heavy atom. The molecule has 1 aromatic rings. The lowest BCUT2D eigenvalue weighted by molar-refractivity contribution is 0.206. The number of aromatic nitrogens is 1. The van der Waals surface area contributed by atoms with Crippen molar-refractivity contribution in [3.8, 4) is 0 Å². The van der Waals surface area contributed by atoms with Crippen LogP contribution in [0.3, 0.4) is 0 Å². The van der Waals surface area contributed by atoms with E-state index in [0.29, 0.717) is 12.2 Å². The van der Waals surface area contributed by atoms with Crippen molar-refractivity contribution in [1.29, 1.82) is 0 Å². The maximum absolute atomic E-state index is 8.57. The predicted molar refractivity (Wildman–Crippen MR) is 61.9 cm³/mol. The molecule has 0 bridgehead atoms. The summed E-state index contributed by atoms with van der Waals surface area (Å²) >= 11 is 0. The number of amidine groups is 1. The van der Waals surface area contributed by atoms with Gasteiger partial charge in [0.1, 0.15) is 5.82 Å². The number of hydrogen-bond acceptors (Lipinski definition) is 5. The molecule has 1 heterocycles. The Labute approximate surface area is 94.3 Å². The highest BCUT2D eigenvalue weighted by atomic mass is 16.5. The fourth-order valence-electron chi connectivity index (χ4n) is 1.19. The predicted octanol–water partition coefficient (Wildman–Crippen LogP) is 0.259. The van der Waals surface area contributed by atoms with Crippen LogP contribution < -0.4 is 10.6 Å². The summed E-state index contributed by atoms with van der Waals surface area (Å²) in [5, 5.41) is 11.5. The molecule has 0 unspecified atom stereocenters. The van der Waals surface area contributed by atoms with E-state index in [1.807, 2.05) is 11.9 Å². The lowest BCUT2D eigenvalue weighted by Gasteiger charge is -2.17. The van der Waals surface area contributed by atoms with Crippen LogP contribution in [0.15, 0.2) is 23.5 Å². The van der Waals surface area contributed by atoms with E-state index in [0.717, 1.165) is 12.4 Å². The van der Waals surface area contributed by atoms with Crippen molar-refractivity contribution < 1.29 is 9.94 Å². The van der Waals surface area contributed by atoms with E-state index in [1.54, 1.807) is 25.4 Å². The Kier molecular flexibility index (Phi) is 4.53. The summed E-state index contributed by atoms with van der Waals surface area (Å²) in [7, 11) is 3.55. The van der Waals surface area contributed by atoms with E-state index in [1.165, 1.54) is 0 Å². The van der Waals surface area contributed by atoms with E-state index < -0.39 is 0 Å². The molecule has 6 nitrogen and oxygen atoms in total. The molecular formula is C10H16N4O2. The fourth-order valence-corrected chi connectivity index (χ4v) is 1.19. The van der Waals surface area contributed by atoms with Crippen LogP contribution in [0.5, 0.6) is 0 Å². The second kappa shape index (κ2) is 5.92. The Hall–Kier alpha value is -1.82. The van der Waals surface area contributed by atoms with Crippen molar-refractivity contribution in [2.45, 2.75) is 0 Å². The number of rotatable bonds is 5. The number of nitrogens with two attached hydrogens (primary N) is 1. The highest BCUT2D eigenvalue weighted by Gasteiger charge is 2.05. The van der Waals surface area contributed by atoms with Gasteiger partial charge in [-0.05, 0) is 12.1 Å². The van der Waals surface area contributed by atoms with Crippen molar-refractivity contribution in [1.82, 2.24) is 4.98 Å². The Bertz CT molecular complexity index is 368. The van der Waals surface area contributed by atoms with Crippen molar-refractivity contribution in [3.05, 3.63) is 23.9 Å². The topological polar surface area (TPSA) is 84.0 Å². The summed E-state index contributed by atoms with van der Waals surface area (Å²) in [6.45, 7) is 1.34. The monoisotopic (exact) mass is 224 g/mol. The number of oxime groups is 1. The van der Waals surface area contributed by atoms with Gasteiger partial charge >= 0.3 is 0 Å². The summed E-state index contributed by atoms with van der Waals surface area (Å²) in [6.07, 6.45) is 1.62. The number of nitrogens with zero attached hydrogens (tertiary/aromatic N) is 3. The standard InChI is InChI=1S/C10H16N4O2/c1-14(5-6-16-2)9-7-8(3-4-12-9)10(11)13-15/h3-4,7,15H,5-6H2,1-2H3,(H2,11,13). The second-order valence-electron chi connectivity index (χ2n) is 3.30. The van der Waals surface area contributed by atoms with Crippen LogP contribution in [0.4, 0.5) is 5.82 Å². The maximum atomic E-state index is 8.57. The highest BCUT2D eigenvalue weighted by molar-refractivity contribution is 5.97. The Morgan fingerprint density at radius 1 is 1.69 bits per heavy atom. The zero-order valence-electron chi connectivity index (χ0n) is 9.42. The van der Waals surface area contributed by atoms with Crippen molar-refractivity contribution in [2.75, 3.05) is 32.2 Å². The Balaban J connectivity index is 2.81. The lowest BCUT2D eigenvalue weighted by Crippen LogP contribution is -2.23. The van der Waals surface area contributed by atoms with Gasteiger partial charge in [0.05, 0.1) is 6.61 Å². The molecular weight excluding hydrogens is 208 g/mol. The van der Waals surface area contributed by atoms with Gasteiger partial charge < -0.3 is 20.6 Å². The fraction of sp³-hybridized carbons (Fsp3) is 0.400. The van der Waals surface area contributed by atoms with Crippen molar-refractivity contribution in [2.24, 2.45) is 10.9 Å². The summed E-state index contributed by atoms with van der Waals surface area (Å²) in [5.74, 6) is 0.824. The molecule has 0 aromatic carbocycles. The minimum Gasteiger partial charge on any atom is -0.409 e. The third-order valence-electron chi connectivity index (χ3n) is 2.17. The van der Waals surface area contributed by atoms with Gasteiger partial charge in [-0.25, -0.2) is 4.98 Å². The zero-order valence-corrected chi connectivity index (χ0v) is 9.42. The minimum atomic E-state index is 0.0730. The van der Waals surface area contributed by atoms with Crippen LogP contribution in [0.25, 0.3) is 0 Å². The number of anilines is 1. The molecule has 3 N–H and O–H groups in total. The first-order valence-electron chi connectivity index (χ1n) is 4.83. The number of likely N-dealkylation sites (N-methyl/N-ethyl adjacent to an activating group) is 1. The quantitative estimate of drug-likeness (QED) is 0.324. The van der Waals surface area contributed by atoms with Gasteiger partial charge in [0.2, 0.25) is 0 Å². The molecule has 1 aromatic heterocycles. The van der Waals surface area contributed by atoms with E-state index in [-0.39, 0.29) is 5.84 Å². The van der Waals surface area contributed by atoms with E-state index in [2.05, 4.69) is 10.1 Å². The zero-order chi connectivity index (χ0) is 12.0. The summed E-state index contributed by atoms with van der Waals surface area (Å²) < 4.78 is 4.97. The molecule has 0 aliphatic heterocycles. The van der Waals surface area contributed by atoms with Gasteiger partial charge in [0, 0.05) is 32.5 Å². The number of methoxy groups -OCH3 is 1. The molecule has 0 radical (unpaired) electrons. The molecule has 0 fully saturated rings. The maximum Gasteiger partial charge on any atom is 0.170 e. The number of hydrogen-bond donors (Lipinski definition) is 2. The molecule has 0 aliphatic rings. The molecule has 88 valence electrons. The van der Waals surface area contributed by atoms with Gasteiger partial charge in [-0.1, -0.05) is 5.16 Å². The van der Waals surface area contributed by atoms with Gasteiger partial charge in [-0.3, -0.25) is 0 Å². The van der Waals surface area contributed by atoms with Crippen LogP contribution >= 0.6 is 0 Å². The summed E-state index contributed by atoms with van der Waals surface area (Å²) in [5.41, 5.74) is 6.13. The van der Waals surface area contributed by atoms with Crippen molar-refractivity contribution >= 4 is 11.7 Å². The molecule has 16 heavy (non-hydrogen) atoms. The Morgan fingerprint density at radius 3 is 3.06 bits per heavy atom. The molecule has 0 atom stereocenters. The molecule has 0 saturated heterocycles. The van der Waals surface area contributed by atoms with Crippen LogP contribution in [-0.4, -0.2) is 43.3 Å². The van der Waals surface area contributed by atoms with Crippen LogP contribution in [-0.2, 0) is 4.74 Å². The summed E-state index contributed by atoms with van der Waals surface area (Å²) in [6, 6.07) is 3.44. The molecule has 1 rings (SSSR count). The molecule has 0 amide bonds. The third-order valence-corrected chi connectivity index (χ3v) is 2.17. The normalized spacial score (nSPS) is 11.5. The van der Waals surface area contributed by atoms with E-state index in [4.69, 9.17) is 15.7 Å². The average Bonchev–Trinajstić information content (AvgIpc) is 2.35. The summed E-state index contributed by atoms with van der Waals surface area (Å²) in [4.78, 5) is 6.12. The highest BCUT2D eigenvalue weighted by Crippen LogP contribution is 2.10. The van der Waals surface area contributed by atoms with Crippen molar-refractivity contribution in [3.63, 3.8) is 0 Å². The molecule has 0 aliphatic carbocycles. The third kappa shape index (κ3) is 3.09. The first-order chi connectivity index (χ1) is 7.69. The first-order valence-corrected chi connectivity index (χ1v) is 4.83. The van der Waals surface area contributed by atoms with Gasteiger partial charge in [0.25, 0.3) is 0 Å². The van der Waals surface area contributed by atoms with Crippen LogP contribution in [0.2, 0.25) is 0 Å². The van der Waals surface area contributed by atoms with E-state index in [9.17, 15) is 0 Å². The number of pyridine rings is 1. The molecule has 0 saturated carbocycles. The minimum absolute atomic E-state index is 0.0730. The largest absolute Gasteiger partial charge is 0.409 e. The number of ether oxygens (including phenoxy) is 1. The molecule has 6 heteroatoms. The second-order valence-corrected chi connectivity index (χ2v) is 3.30. The molecule has 0 spiro atoms. The SMILES string of the molecule is COCCN(C)c1cc(/C(N)=N/O)ccn1. The van der Waals surface area contributed by atoms with Crippen LogP contribution in [0.1, 0.15) is 5.56 Å².